The molecule has 0 bridgehead atoms. The van der Waals surface area contributed by atoms with Crippen LogP contribution in [0.1, 0.15) is 29.8 Å². The SMILES string of the molecule is CCOC(=O)c1ccccc1NC(=O)C(=O)Nc1ccccc1CC. The maximum Gasteiger partial charge on any atom is 0.340 e. The van der Waals surface area contributed by atoms with E-state index in [-0.39, 0.29) is 17.9 Å². The number of esters is 1. The molecule has 25 heavy (non-hydrogen) atoms. The zero-order chi connectivity index (χ0) is 18.2. The Morgan fingerprint density at radius 3 is 2.04 bits per heavy atom. The highest BCUT2D eigenvalue weighted by atomic mass is 16.5. The number of anilines is 2. The molecule has 0 radical (unpaired) electrons. The highest BCUT2D eigenvalue weighted by molar-refractivity contribution is 6.44. The van der Waals surface area contributed by atoms with Crippen LogP contribution >= 0.6 is 0 Å². The minimum absolute atomic E-state index is 0.194. The van der Waals surface area contributed by atoms with Gasteiger partial charge in [-0.05, 0) is 37.1 Å². The van der Waals surface area contributed by atoms with E-state index in [1.54, 1.807) is 31.2 Å². The molecule has 0 saturated heterocycles. The Morgan fingerprint density at radius 1 is 0.840 bits per heavy atom. The van der Waals surface area contributed by atoms with E-state index < -0.39 is 17.8 Å². The van der Waals surface area contributed by atoms with Gasteiger partial charge in [-0.2, -0.15) is 0 Å². The Labute approximate surface area is 146 Å². The van der Waals surface area contributed by atoms with Crippen LogP contribution in [0.5, 0.6) is 0 Å². The van der Waals surface area contributed by atoms with Gasteiger partial charge in [-0.25, -0.2) is 4.79 Å². The van der Waals surface area contributed by atoms with E-state index in [1.807, 2.05) is 19.1 Å². The van der Waals surface area contributed by atoms with Gasteiger partial charge in [0, 0.05) is 5.69 Å². The minimum Gasteiger partial charge on any atom is -0.462 e. The predicted octanol–water partition coefficient (Wildman–Crippen LogP) is 3.00. The molecule has 6 heteroatoms. The van der Waals surface area contributed by atoms with Crippen molar-refractivity contribution < 1.29 is 19.1 Å². The second kappa shape index (κ2) is 8.63. The van der Waals surface area contributed by atoms with Crippen LogP contribution in [0.2, 0.25) is 0 Å². The van der Waals surface area contributed by atoms with E-state index in [9.17, 15) is 14.4 Å². The fourth-order valence-corrected chi connectivity index (χ4v) is 2.29. The molecule has 2 rings (SSSR count). The number of aryl methyl sites for hydroxylation is 1. The van der Waals surface area contributed by atoms with Crippen molar-refractivity contribution in [3.05, 3.63) is 59.7 Å². The summed E-state index contributed by atoms with van der Waals surface area (Å²) in [5, 5.41) is 5.04. The van der Waals surface area contributed by atoms with E-state index in [2.05, 4.69) is 10.6 Å². The largest absolute Gasteiger partial charge is 0.462 e. The molecule has 0 aromatic heterocycles. The molecule has 0 aliphatic rings. The molecule has 2 aromatic rings. The number of hydrogen-bond acceptors (Lipinski definition) is 4. The van der Waals surface area contributed by atoms with Gasteiger partial charge in [0.15, 0.2) is 0 Å². The molecule has 0 saturated carbocycles. The summed E-state index contributed by atoms with van der Waals surface area (Å²) in [4.78, 5) is 36.2. The van der Waals surface area contributed by atoms with Gasteiger partial charge in [0.05, 0.1) is 17.9 Å². The molecule has 0 unspecified atom stereocenters. The fraction of sp³-hybridized carbons (Fsp3) is 0.211. The Hall–Kier alpha value is -3.15. The van der Waals surface area contributed by atoms with E-state index in [0.717, 1.165) is 12.0 Å². The summed E-state index contributed by atoms with van der Waals surface area (Å²) in [6, 6.07) is 13.6. The average molecular weight is 340 g/mol. The van der Waals surface area contributed by atoms with Crippen molar-refractivity contribution in [2.45, 2.75) is 20.3 Å². The lowest BCUT2D eigenvalue weighted by molar-refractivity contribution is -0.133. The number of carbonyl (C=O) groups excluding carboxylic acids is 3. The summed E-state index contributed by atoms with van der Waals surface area (Å²) in [6.45, 7) is 3.87. The summed E-state index contributed by atoms with van der Waals surface area (Å²) in [5.74, 6) is -2.22. The van der Waals surface area contributed by atoms with Crippen LogP contribution in [0.25, 0.3) is 0 Å². The highest BCUT2D eigenvalue weighted by Gasteiger charge is 2.19. The molecule has 2 amide bonds. The lowest BCUT2D eigenvalue weighted by Gasteiger charge is -2.12. The van der Waals surface area contributed by atoms with Gasteiger partial charge in [-0.3, -0.25) is 9.59 Å². The molecule has 130 valence electrons. The molecule has 0 aliphatic carbocycles. The molecule has 0 fully saturated rings. The number of para-hydroxylation sites is 2. The summed E-state index contributed by atoms with van der Waals surface area (Å²) in [5.41, 5.74) is 1.93. The van der Waals surface area contributed by atoms with Crippen molar-refractivity contribution in [3.63, 3.8) is 0 Å². The maximum absolute atomic E-state index is 12.2. The standard InChI is InChI=1S/C19H20N2O4/c1-3-13-9-5-7-11-15(13)20-17(22)18(23)21-16-12-8-6-10-14(16)19(24)25-4-2/h5-12H,3-4H2,1-2H3,(H,20,22)(H,21,23). The Bertz CT molecular complexity index is 786. The van der Waals surface area contributed by atoms with Crippen molar-refractivity contribution in [1.82, 2.24) is 0 Å². The van der Waals surface area contributed by atoms with Gasteiger partial charge >= 0.3 is 17.8 Å². The normalized spacial score (nSPS) is 10.0. The molecule has 0 aliphatic heterocycles. The van der Waals surface area contributed by atoms with Crippen molar-refractivity contribution >= 4 is 29.2 Å². The third-order valence-electron chi connectivity index (χ3n) is 3.52. The Balaban J connectivity index is 2.12. The van der Waals surface area contributed by atoms with Crippen molar-refractivity contribution in [2.24, 2.45) is 0 Å². The van der Waals surface area contributed by atoms with Crippen LogP contribution < -0.4 is 10.6 Å². The van der Waals surface area contributed by atoms with Gasteiger partial charge in [0.1, 0.15) is 0 Å². The first-order chi connectivity index (χ1) is 12.1. The van der Waals surface area contributed by atoms with Gasteiger partial charge in [-0.1, -0.05) is 37.3 Å². The number of benzene rings is 2. The molecule has 6 nitrogen and oxygen atoms in total. The lowest BCUT2D eigenvalue weighted by atomic mass is 10.1. The molecular formula is C19H20N2O4. The van der Waals surface area contributed by atoms with Gasteiger partial charge < -0.3 is 15.4 Å². The number of rotatable bonds is 5. The van der Waals surface area contributed by atoms with Gasteiger partial charge in [0.2, 0.25) is 0 Å². The Morgan fingerprint density at radius 2 is 1.40 bits per heavy atom. The van der Waals surface area contributed by atoms with Crippen molar-refractivity contribution in [3.8, 4) is 0 Å². The number of amides is 2. The summed E-state index contributed by atoms with van der Waals surface area (Å²) < 4.78 is 4.95. The second-order valence-corrected chi connectivity index (χ2v) is 5.19. The minimum atomic E-state index is -0.859. The monoisotopic (exact) mass is 340 g/mol. The quantitative estimate of drug-likeness (QED) is 0.647. The van der Waals surface area contributed by atoms with Crippen LogP contribution in [-0.2, 0) is 20.7 Å². The number of ether oxygens (including phenoxy) is 1. The third kappa shape index (κ3) is 4.67. The second-order valence-electron chi connectivity index (χ2n) is 5.19. The molecule has 0 spiro atoms. The zero-order valence-corrected chi connectivity index (χ0v) is 14.2. The van der Waals surface area contributed by atoms with Gasteiger partial charge in [0.25, 0.3) is 0 Å². The number of carbonyl (C=O) groups is 3. The van der Waals surface area contributed by atoms with Crippen molar-refractivity contribution in [2.75, 3.05) is 17.2 Å². The zero-order valence-electron chi connectivity index (χ0n) is 14.2. The van der Waals surface area contributed by atoms with Crippen LogP contribution in [0.4, 0.5) is 11.4 Å². The van der Waals surface area contributed by atoms with Crippen LogP contribution in [0.3, 0.4) is 0 Å². The van der Waals surface area contributed by atoms with E-state index in [4.69, 9.17) is 4.74 Å². The molecule has 2 aromatic carbocycles. The van der Waals surface area contributed by atoms with Crippen LogP contribution in [0.15, 0.2) is 48.5 Å². The van der Waals surface area contributed by atoms with Crippen LogP contribution in [-0.4, -0.2) is 24.4 Å². The van der Waals surface area contributed by atoms with Crippen molar-refractivity contribution in [1.29, 1.82) is 0 Å². The summed E-state index contributed by atoms with van der Waals surface area (Å²) >= 11 is 0. The summed E-state index contributed by atoms with van der Waals surface area (Å²) in [7, 11) is 0. The topological polar surface area (TPSA) is 84.5 Å². The predicted molar refractivity (Wildman–Crippen MR) is 95.5 cm³/mol. The molecule has 0 heterocycles. The first-order valence-electron chi connectivity index (χ1n) is 8.03. The van der Waals surface area contributed by atoms with E-state index >= 15 is 0 Å². The third-order valence-corrected chi connectivity index (χ3v) is 3.52. The number of hydrogen-bond donors (Lipinski definition) is 2. The Kier molecular flexibility index (Phi) is 6.28. The van der Waals surface area contributed by atoms with Crippen LogP contribution in [0, 0.1) is 0 Å². The highest BCUT2D eigenvalue weighted by Crippen LogP contribution is 2.18. The first kappa shape index (κ1) is 18.2. The van der Waals surface area contributed by atoms with E-state index in [1.165, 1.54) is 12.1 Å². The fourth-order valence-electron chi connectivity index (χ4n) is 2.29. The molecular weight excluding hydrogens is 320 g/mol. The van der Waals surface area contributed by atoms with E-state index in [0.29, 0.717) is 5.69 Å². The first-order valence-corrected chi connectivity index (χ1v) is 8.03. The molecule has 0 atom stereocenters. The lowest BCUT2D eigenvalue weighted by Crippen LogP contribution is -2.30. The number of nitrogens with one attached hydrogen (secondary N) is 2. The maximum atomic E-state index is 12.2. The summed E-state index contributed by atoms with van der Waals surface area (Å²) in [6.07, 6.45) is 0.726. The molecule has 2 N–H and O–H groups in total. The van der Waals surface area contributed by atoms with Gasteiger partial charge in [-0.15, -0.1) is 0 Å². The smallest absolute Gasteiger partial charge is 0.340 e. The average Bonchev–Trinajstić information content (AvgIpc) is 2.62.